The summed E-state index contributed by atoms with van der Waals surface area (Å²) in [4.78, 5) is 5.09. The van der Waals surface area contributed by atoms with E-state index >= 15 is 0 Å². The van der Waals surface area contributed by atoms with Crippen LogP contribution in [0.25, 0.3) is 82.9 Å². The van der Waals surface area contributed by atoms with E-state index in [1.54, 1.807) is 0 Å². The summed E-state index contributed by atoms with van der Waals surface area (Å²) in [6.07, 6.45) is 9.03. The standard InChI is InChI=1S/C56H37N/c1-2-14-38(15-3-1)54-45-19-4-6-21-47(45)55(48-22-7-5-20-46(48)54)40-31-33-53(57-35-40)37-28-26-36(27-29-37)39-30-32-44-43-18-10-13-25-51(43)56(52(44)34-39)49-23-11-8-16-41(49)42-17-9-12-24-50(42)56/h1-9,11-17,19-35H,10,18H2. The van der Waals surface area contributed by atoms with Crippen LogP contribution in [0.15, 0.2) is 206 Å². The summed E-state index contributed by atoms with van der Waals surface area (Å²) in [5.41, 5.74) is 20.4. The second-order valence-corrected chi connectivity index (χ2v) is 15.7. The molecule has 9 aromatic rings. The molecule has 0 fully saturated rings. The molecule has 0 unspecified atom stereocenters. The summed E-state index contributed by atoms with van der Waals surface area (Å²) in [6, 6.07) is 67.1. The van der Waals surface area contributed by atoms with Gasteiger partial charge in [-0.15, -0.1) is 0 Å². The monoisotopic (exact) mass is 723 g/mol. The highest BCUT2D eigenvalue weighted by Crippen LogP contribution is 2.63. The molecule has 12 rings (SSSR count). The number of benzene rings is 8. The summed E-state index contributed by atoms with van der Waals surface area (Å²) in [5, 5.41) is 4.98. The summed E-state index contributed by atoms with van der Waals surface area (Å²) in [5.74, 6) is 0. The van der Waals surface area contributed by atoms with Crippen molar-refractivity contribution in [2.24, 2.45) is 0 Å². The molecule has 57 heavy (non-hydrogen) atoms. The third-order valence-electron chi connectivity index (χ3n) is 12.8. The Hall–Kier alpha value is -7.09. The molecule has 1 aromatic heterocycles. The zero-order chi connectivity index (χ0) is 37.5. The molecule has 1 nitrogen and oxygen atoms in total. The van der Waals surface area contributed by atoms with Crippen molar-refractivity contribution in [1.82, 2.24) is 4.98 Å². The van der Waals surface area contributed by atoms with Crippen molar-refractivity contribution >= 4 is 27.1 Å². The first-order valence-corrected chi connectivity index (χ1v) is 20.1. The number of aromatic nitrogens is 1. The molecule has 0 radical (unpaired) electrons. The van der Waals surface area contributed by atoms with Crippen LogP contribution in [0.2, 0.25) is 0 Å². The second-order valence-electron chi connectivity index (χ2n) is 15.7. The van der Waals surface area contributed by atoms with E-state index in [1.165, 1.54) is 93.9 Å². The van der Waals surface area contributed by atoms with Gasteiger partial charge in [-0.3, -0.25) is 4.98 Å². The second kappa shape index (κ2) is 12.5. The fourth-order valence-electron chi connectivity index (χ4n) is 10.5. The van der Waals surface area contributed by atoms with Gasteiger partial charge in [0.1, 0.15) is 0 Å². The summed E-state index contributed by atoms with van der Waals surface area (Å²) in [6.45, 7) is 0. The van der Waals surface area contributed by atoms with Crippen molar-refractivity contribution in [3.63, 3.8) is 0 Å². The van der Waals surface area contributed by atoms with Gasteiger partial charge in [0.2, 0.25) is 0 Å². The Bertz CT molecular complexity index is 3040. The molecule has 3 aliphatic rings. The molecule has 0 aliphatic heterocycles. The fraction of sp³-hybridized carbons (Fsp3) is 0.0536. The van der Waals surface area contributed by atoms with Gasteiger partial charge in [0.15, 0.2) is 0 Å². The number of rotatable bonds is 4. The molecule has 1 spiro atoms. The van der Waals surface area contributed by atoms with Crippen molar-refractivity contribution in [2.75, 3.05) is 0 Å². The van der Waals surface area contributed by atoms with E-state index in [9.17, 15) is 0 Å². The van der Waals surface area contributed by atoms with Gasteiger partial charge < -0.3 is 0 Å². The zero-order valence-electron chi connectivity index (χ0n) is 31.4. The molecule has 1 heterocycles. The quantitative estimate of drug-likeness (QED) is 0.165. The number of fused-ring (bicyclic) bond motifs is 11. The maximum atomic E-state index is 5.09. The van der Waals surface area contributed by atoms with Gasteiger partial charge in [-0.1, -0.05) is 182 Å². The van der Waals surface area contributed by atoms with Crippen LogP contribution in [0, 0.1) is 0 Å². The highest BCUT2D eigenvalue weighted by atomic mass is 14.7. The molecule has 1 heteroatoms. The van der Waals surface area contributed by atoms with Crippen LogP contribution < -0.4 is 0 Å². The van der Waals surface area contributed by atoms with Gasteiger partial charge in [0, 0.05) is 17.3 Å². The predicted octanol–water partition coefficient (Wildman–Crippen LogP) is 14.5. The van der Waals surface area contributed by atoms with E-state index < -0.39 is 0 Å². The van der Waals surface area contributed by atoms with Crippen LogP contribution in [0.5, 0.6) is 0 Å². The lowest BCUT2D eigenvalue weighted by Gasteiger charge is -2.32. The Morgan fingerprint density at radius 3 is 1.58 bits per heavy atom. The number of nitrogens with zero attached hydrogens (tertiary/aromatic N) is 1. The maximum Gasteiger partial charge on any atom is 0.0722 e. The lowest BCUT2D eigenvalue weighted by atomic mass is 9.69. The van der Waals surface area contributed by atoms with E-state index in [0.717, 1.165) is 29.7 Å². The highest BCUT2D eigenvalue weighted by molar-refractivity contribution is 6.21. The Morgan fingerprint density at radius 1 is 0.404 bits per heavy atom. The van der Waals surface area contributed by atoms with E-state index in [1.807, 2.05) is 0 Å². The fourth-order valence-corrected chi connectivity index (χ4v) is 10.5. The van der Waals surface area contributed by atoms with Crippen LogP contribution in [0.1, 0.15) is 35.1 Å². The van der Waals surface area contributed by atoms with Gasteiger partial charge in [-0.2, -0.15) is 0 Å². The Kier molecular flexibility index (Phi) is 7.04. The largest absolute Gasteiger partial charge is 0.256 e. The summed E-state index contributed by atoms with van der Waals surface area (Å²) >= 11 is 0. The van der Waals surface area contributed by atoms with Gasteiger partial charge in [-0.25, -0.2) is 0 Å². The molecule has 0 N–H and O–H groups in total. The highest BCUT2D eigenvalue weighted by Gasteiger charge is 2.52. The Morgan fingerprint density at radius 2 is 0.947 bits per heavy atom. The first-order chi connectivity index (χ1) is 28.3. The smallest absolute Gasteiger partial charge is 0.0722 e. The van der Waals surface area contributed by atoms with Crippen LogP contribution in [0.3, 0.4) is 0 Å². The lowest BCUT2D eigenvalue weighted by molar-refractivity contribution is 0.781. The average molecular weight is 724 g/mol. The number of hydrogen-bond acceptors (Lipinski definition) is 1. The molecule has 0 amide bonds. The van der Waals surface area contributed by atoms with E-state index in [2.05, 4.69) is 200 Å². The first-order valence-electron chi connectivity index (χ1n) is 20.1. The van der Waals surface area contributed by atoms with Gasteiger partial charge in [-0.05, 0) is 119 Å². The van der Waals surface area contributed by atoms with Crippen molar-refractivity contribution < 1.29 is 0 Å². The van der Waals surface area contributed by atoms with Crippen molar-refractivity contribution in [2.45, 2.75) is 18.3 Å². The van der Waals surface area contributed by atoms with Gasteiger partial charge in [0.05, 0.1) is 11.1 Å². The third-order valence-corrected chi connectivity index (χ3v) is 12.8. The van der Waals surface area contributed by atoms with E-state index in [-0.39, 0.29) is 5.41 Å². The molecular weight excluding hydrogens is 687 g/mol. The van der Waals surface area contributed by atoms with Crippen LogP contribution in [-0.4, -0.2) is 4.98 Å². The topological polar surface area (TPSA) is 12.9 Å². The predicted molar refractivity (Wildman–Crippen MR) is 238 cm³/mol. The minimum Gasteiger partial charge on any atom is -0.256 e. The van der Waals surface area contributed by atoms with E-state index in [0.29, 0.717) is 0 Å². The van der Waals surface area contributed by atoms with Crippen LogP contribution in [-0.2, 0) is 5.41 Å². The molecule has 266 valence electrons. The minimum atomic E-state index is -0.297. The molecule has 0 bridgehead atoms. The molecule has 0 saturated heterocycles. The first kappa shape index (κ1) is 32.2. The number of allylic oxidation sites excluding steroid dienone is 4. The van der Waals surface area contributed by atoms with E-state index in [4.69, 9.17) is 4.98 Å². The lowest BCUT2D eigenvalue weighted by Crippen LogP contribution is -2.27. The normalized spacial score (nSPS) is 14.5. The minimum absolute atomic E-state index is 0.297. The zero-order valence-corrected chi connectivity index (χ0v) is 31.4. The van der Waals surface area contributed by atoms with Crippen LogP contribution >= 0.6 is 0 Å². The Labute approximate surface area is 333 Å². The molecule has 0 atom stereocenters. The summed E-state index contributed by atoms with van der Waals surface area (Å²) in [7, 11) is 0. The molecule has 8 aromatic carbocycles. The molecular formula is C56H37N. The number of pyridine rings is 1. The van der Waals surface area contributed by atoms with Crippen LogP contribution in [0.4, 0.5) is 0 Å². The third kappa shape index (κ3) is 4.60. The van der Waals surface area contributed by atoms with Crippen molar-refractivity contribution in [1.29, 1.82) is 0 Å². The van der Waals surface area contributed by atoms with Crippen molar-refractivity contribution in [3.05, 3.63) is 228 Å². The summed E-state index contributed by atoms with van der Waals surface area (Å²) < 4.78 is 0. The number of hydrogen-bond donors (Lipinski definition) is 0. The van der Waals surface area contributed by atoms with Crippen molar-refractivity contribution in [3.8, 4) is 55.8 Å². The SMILES string of the molecule is C1=CC2=C(CC1)c1ccc(-c3ccc(-c4ccc(-c5c6ccccc6c(-c6ccccc6)c6ccccc56)cn4)cc3)cc1C21c2ccccc2-c2ccccc21. The van der Waals surface area contributed by atoms with Gasteiger partial charge in [0.25, 0.3) is 0 Å². The Balaban J connectivity index is 0.926. The average Bonchev–Trinajstić information content (AvgIpc) is 3.76. The maximum absolute atomic E-state index is 5.09. The van der Waals surface area contributed by atoms with Gasteiger partial charge >= 0.3 is 0 Å². The molecule has 3 aliphatic carbocycles. The molecule has 0 saturated carbocycles.